The number of hydrogen-bond acceptors (Lipinski definition) is 10. The monoisotopic (exact) mass is 910 g/mol. The molecule has 0 fully saturated rings. The van der Waals surface area contributed by atoms with Gasteiger partial charge < -0.3 is 9.11 Å². The number of aromatic nitrogens is 4. The fourth-order valence-corrected chi connectivity index (χ4v) is 6.48. The van der Waals surface area contributed by atoms with Crippen molar-refractivity contribution >= 4 is 96.7 Å². The van der Waals surface area contributed by atoms with Crippen LogP contribution in [0.15, 0.2) is 131 Å². The Balaban J connectivity index is 0.000000446. The molecule has 0 saturated heterocycles. The number of para-hydroxylation sites is 4. The first-order valence-electron chi connectivity index (χ1n) is 21.6. The van der Waals surface area contributed by atoms with Gasteiger partial charge in [-0.25, -0.2) is 26.8 Å². The first-order valence-corrected chi connectivity index (χ1v) is 25.2. The Morgan fingerprint density at radius 3 is 0.922 bits per heavy atom. The number of hydrogen-bond donors (Lipinski definition) is 0. The molecule has 10 rings (SSSR count). The molecule has 0 atom stereocenters. The molecule has 10 aromatic rings. The van der Waals surface area contributed by atoms with Crippen LogP contribution in [0.5, 0.6) is 0 Å². The lowest BCUT2D eigenvalue weighted by molar-refractivity contribution is 0.468. The van der Waals surface area contributed by atoms with E-state index in [0.717, 1.165) is 76.5 Å². The second-order valence-corrected chi connectivity index (χ2v) is 14.8. The first-order chi connectivity index (χ1) is 30.7. The van der Waals surface area contributed by atoms with Crippen LogP contribution >= 0.6 is 0 Å². The van der Waals surface area contributed by atoms with Crippen molar-refractivity contribution in [2.24, 2.45) is 0 Å². The molecular formula is C50H62N4O8S2-2. The Morgan fingerprint density at radius 2 is 0.641 bits per heavy atom. The van der Waals surface area contributed by atoms with E-state index in [9.17, 15) is 9.59 Å². The molecule has 0 amide bonds. The van der Waals surface area contributed by atoms with Gasteiger partial charge in [-0.3, -0.25) is 18.4 Å². The largest absolute Gasteiger partial charge is 0.748 e. The van der Waals surface area contributed by atoms with Gasteiger partial charge in [0.25, 0.3) is 11.1 Å². The van der Waals surface area contributed by atoms with Gasteiger partial charge in [-0.2, -0.15) is 0 Å². The van der Waals surface area contributed by atoms with E-state index >= 15 is 0 Å². The Bertz CT molecular complexity index is 3080. The van der Waals surface area contributed by atoms with Crippen LogP contribution in [-0.4, -0.2) is 57.2 Å². The molecule has 0 spiro atoms. The summed E-state index contributed by atoms with van der Waals surface area (Å²) >= 11 is 0. The molecule has 4 aromatic heterocycles. The van der Waals surface area contributed by atoms with Crippen molar-refractivity contribution in [2.45, 2.75) is 83.1 Å². The Labute approximate surface area is 377 Å². The molecule has 0 saturated carbocycles. The van der Waals surface area contributed by atoms with E-state index in [2.05, 4.69) is 9.97 Å². The summed E-state index contributed by atoms with van der Waals surface area (Å²) in [4.78, 5) is 35.1. The molecule has 0 N–H and O–H groups in total. The number of pyridine rings is 2. The predicted molar refractivity (Wildman–Crippen MR) is 270 cm³/mol. The zero-order valence-corrected chi connectivity index (χ0v) is 41.1. The Morgan fingerprint density at radius 1 is 0.391 bits per heavy atom. The zero-order valence-electron chi connectivity index (χ0n) is 39.4. The minimum absolute atomic E-state index is 0.00278. The van der Waals surface area contributed by atoms with E-state index in [1.54, 1.807) is 8.80 Å². The SMILES string of the molecule is CC.CC.CC.CC.CC.CC.CS(=O)(=O)[O-].CS(=O)(=O)[O-].O=c1c2cccc3cccc(c32)c2nc3ccccc3n12.O=c1c2cccc3cccc(c32)c2nc3ccccc3n12. The quantitative estimate of drug-likeness (QED) is 0.133. The third kappa shape index (κ3) is 13.5. The molecule has 64 heavy (non-hydrogen) atoms. The summed E-state index contributed by atoms with van der Waals surface area (Å²) in [6.45, 7) is 24.0. The number of fused-ring (bicyclic) bond motifs is 8. The number of rotatable bonds is 0. The summed E-state index contributed by atoms with van der Waals surface area (Å²) in [6.07, 6.45) is 1.21. The second-order valence-electron chi connectivity index (χ2n) is 12.0. The van der Waals surface area contributed by atoms with Crippen LogP contribution in [0.25, 0.3) is 76.5 Å². The van der Waals surface area contributed by atoms with Gasteiger partial charge in [-0.15, -0.1) is 0 Å². The standard InChI is InChI=1S/2C18H10N2O.6C2H6.2CH4O3S/c2*21-18-13-8-4-6-11-5-3-7-12(16(11)13)17-19-14-9-1-2-10-15(14)20(17)18;6*1-2;2*1-5(2,3)4/h2*1-10H;6*1-2H3;2*1H3,(H,2,3,4)/p-2. The number of benzene rings is 6. The van der Waals surface area contributed by atoms with Gasteiger partial charge >= 0.3 is 0 Å². The summed E-state index contributed by atoms with van der Waals surface area (Å²) in [6, 6.07) is 39.4. The van der Waals surface area contributed by atoms with E-state index in [4.69, 9.17) is 25.9 Å². The first kappa shape index (κ1) is 56.0. The highest BCUT2D eigenvalue weighted by Crippen LogP contribution is 2.30. The summed E-state index contributed by atoms with van der Waals surface area (Å²) in [7, 11) is -7.83. The average molecular weight is 911 g/mol. The third-order valence-electron chi connectivity index (χ3n) is 8.28. The molecule has 4 heterocycles. The van der Waals surface area contributed by atoms with Gasteiger partial charge in [0.1, 0.15) is 11.3 Å². The molecule has 6 aromatic carbocycles. The average Bonchev–Trinajstić information content (AvgIpc) is 3.91. The van der Waals surface area contributed by atoms with E-state index in [1.807, 2.05) is 204 Å². The van der Waals surface area contributed by atoms with Crippen LogP contribution < -0.4 is 11.1 Å². The van der Waals surface area contributed by atoms with Crippen LogP contribution in [0.4, 0.5) is 0 Å². The molecule has 12 nitrogen and oxygen atoms in total. The van der Waals surface area contributed by atoms with Crippen molar-refractivity contribution in [1.82, 2.24) is 18.8 Å². The maximum Gasteiger partial charge on any atom is 0.264 e. The van der Waals surface area contributed by atoms with Crippen molar-refractivity contribution in [1.29, 1.82) is 0 Å². The van der Waals surface area contributed by atoms with Crippen LogP contribution in [-0.2, 0) is 20.2 Å². The molecule has 0 aliphatic heterocycles. The van der Waals surface area contributed by atoms with Gasteiger partial charge in [0, 0.05) is 44.8 Å². The smallest absolute Gasteiger partial charge is 0.264 e. The summed E-state index contributed by atoms with van der Waals surface area (Å²) in [5, 5.41) is 7.73. The summed E-state index contributed by atoms with van der Waals surface area (Å²) < 4.78 is 57.9. The Kier molecular flexibility index (Phi) is 23.2. The molecule has 0 radical (unpaired) electrons. The molecule has 0 aliphatic rings. The predicted octanol–water partition coefficient (Wildman–Crippen LogP) is 11.7. The summed E-state index contributed by atoms with van der Waals surface area (Å²) in [5.41, 5.74) is 4.92. The highest BCUT2D eigenvalue weighted by Gasteiger charge is 2.16. The van der Waals surface area contributed by atoms with Crippen molar-refractivity contribution < 1.29 is 25.9 Å². The van der Waals surface area contributed by atoms with Crippen molar-refractivity contribution in [3.05, 3.63) is 142 Å². The van der Waals surface area contributed by atoms with Crippen LogP contribution in [0.3, 0.4) is 0 Å². The zero-order chi connectivity index (χ0) is 48.9. The highest BCUT2D eigenvalue weighted by molar-refractivity contribution is 7.85. The normalized spacial score (nSPS) is 10.2. The van der Waals surface area contributed by atoms with Gasteiger partial charge in [-0.05, 0) is 47.2 Å². The maximum absolute atomic E-state index is 12.9. The van der Waals surface area contributed by atoms with Gasteiger partial charge in [-0.1, -0.05) is 168 Å². The van der Waals surface area contributed by atoms with E-state index in [-0.39, 0.29) is 11.1 Å². The van der Waals surface area contributed by atoms with Gasteiger partial charge in [0.2, 0.25) is 0 Å². The lowest BCUT2D eigenvalue weighted by Crippen LogP contribution is -2.13. The van der Waals surface area contributed by atoms with E-state index < -0.39 is 20.2 Å². The highest BCUT2D eigenvalue weighted by atomic mass is 32.2. The Hall–Kier alpha value is -6.06. The molecule has 344 valence electrons. The number of imidazole rings is 2. The van der Waals surface area contributed by atoms with E-state index in [0.29, 0.717) is 12.5 Å². The minimum Gasteiger partial charge on any atom is -0.748 e. The van der Waals surface area contributed by atoms with Crippen molar-refractivity contribution in [3.8, 4) is 0 Å². The lowest BCUT2D eigenvalue weighted by Gasteiger charge is -2.06. The second kappa shape index (κ2) is 26.5. The lowest BCUT2D eigenvalue weighted by atomic mass is 10.0. The van der Waals surface area contributed by atoms with E-state index in [1.165, 1.54) is 0 Å². The van der Waals surface area contributed by atoms with Crippen LogP contribution in [0, 0.1) is 0 Å². The molecular weight excluding hydrogens is 849 g/mol. The van der Waals surface area contributed by atoms with Crippen molar-refractivity contribution in [3.63, 3.8) is 0 Å². The van der Waals surface area contributed by atoms with Crippen LogP contribution in [0.1, 0.15) is 83.1 Å². The minimum atomic E-state index is -3.92. The topological polar surface area (TPSA) is 183 Å². The molecule has 0 unspecified atom stereocenters. The van der Waals surface area contributed by atoms with Crippen LogP contribution in [0.2, 0.25) is 0 Å². The maximum atomic E-state index is 12.9. The number of nitrogens with zero attached hydrogens (tertiary/aromatic N) is 4. The summed E-state index contributed by atoms with van der Waals surface area (Å²) in [5.74, 6) is 0. The molecule has 0 aliphatic carbocycles. The van der Waals surface area contributed by atoms with Crippen molar-refractivity contribution in [2.75, 3.05) is 12.5 Å². The van der Waals surface area contributed by atoms with Gasteiger partial charge in [0.05, 0.1) is 42.3 Å². The molecule has 14 heteroatoms. The fraction of sp³-hybridized carbons (Fsp3) is 0.280. The fourth-order valence-electron chi connectivity index (χ4n) is 6.48. The third-order valence-corrected chi connectivity index (χ3v) is 8.28. The molecule has 0 bridgehead atoms. The van der Waals surface area contributed by atoms with Gasteiger partial charge in [0.15, 0.2) is 0 Å².